The quantitative estimate of drug-likeness (QED) is 0.153. The number of unbranched alkanes of at least 4 members (excludes halogenated alkanes) is 3. The first-order valence-corrected chi connectivity index (χ1v) is 17.4. The third kappa shape index (κ3) is 9.73. The number of rotatable bonds is 16. The van der Waals surface area contributed by atoms with Crippen LogP contribution in [0.15, 0.2) is 47.4 Å². The number of carbonyl (C=O) groups excluding carboxylic acids is 1. The first kappa shape index (κ1) is 35.9. The van der Waals surface area contributed by atoms with Crippen molar-refractivity contribution in [1.29, 1.82) is 0 Å². The van der Waals surface area contributed by atoms with Gasteiger partial charge in [-0.1, -0.05) is 38.8 Å². The summed E-state index contributed by atoms with van der Waals surface area (Å²) in [6.07, 6.45) is 0.901. The van der Waals surface area contributed by atoms with Crippen LogP contribution in [0, 0.1) is 5.92 Å². The molecule has 44 heavy (non-hydrogen) atoms. The van der Waals surface area contributed by atoms with E-state index in [0.717, 1.165) is 36.9 Å². The van der Waals surface area contributed by atoms with Crippen LogP contribution in [-0.2, 0) is 14.6 Å². The number of aliphatic hydroxyl groups excluding tert-OH is 4. The molecule has 0 radical (unpaired) electrons. The lowest BCUT2D eigenvalue weighted by Gasteiger charge is -2.27. The third-order valence-corrected chi connectivity index (χ3v) is 10.4. The number of amides is 1. The van der Waals surface area contributed by atoms with E-state index in [-0.39, 0.29) is 29.5 Å². The van der Waals surface area contributed by atoms with Gasteiger partial charge in [0.2, 0.25) is 5.91 Å². The largest absolute Gasteiger partial charge is 0.393 e. The molecule has 1 amide bonds. The molecule has 0 spiro atoms. The molecule has 11 heteroatoms. The molecule has 0 aliphatic carbocycles. The molecule has 0 aromatic heterocycles. The van der Waals surface area contributed by atoms with Gasteiger partial charge in [0.05, 0.1) is 35.1 Å². The van der Waals surface area contributed by atoms with Crippen LogP contribution in [-0.4, -0.2) is 92.1 Å². The number of benzene rings is 2. The average molecular weight is 634 g/mol. The number of fused-ring (bicyclic) bond motifs is 1. The molecule has 1 aliphatic rings. The first-order chi connectivity index (χ1) is 20.9. The van der Waals surface area contributed by atoms with Gasteiger partial charge in [0.15, 0.2) is 9.84 Å². The van der Waals surface area contributed by atoms with E-state index in [1.165, 1.54) is 0 Å². The van der Waals surface area contributed by atoms with E-state index >= 15 is 0 Å². The summed E-state index contributed by atoms with van der Waals surface area (Å²) in [6.45, 7) is 4.49. The molecule has 6 N–H and O–H groups in total. The molecule has 2 aromatic carbocycles. The lowest BCUT2D eigenvalue weighted by molar-refractivity contribution is -0.116. The molecule has 0 saturated heterocycles. The maximum Gasteiger partial charge on any atom is 0.224 e. The van der Waals surface area contributed by atoms with E-state index in [0.29, 0.717) is 30.6 Å². The van der Waals surface area contributed by atoms with E-state index in [1.807, 2.05) is 50.2 Å². The standard InChI is InChI=1S/C33H51N3O7S/c1-5-27(37)22(2)33(41)29(39)21-34-17-9-7-6-8-13-31(40)35-24-12-10-11-23(19-24)32-26-20-25(36(3)4)14-15-30(26)44(42,43)18-16-28(32)38/h10-12,14-15,19-20,22,27-29,32-34,37-39,41H,5-9,13,16-18,21H2,1-4H3,(H,35,40)/t22-,27-,28+,29+,32-,33+/m1/s1. The SMILES string of the molecule is CC[C@@H](O)[C@@H](C)[C@H](O)[C@@H](O)CNCCCCCCC(=O)Nc1cccc([C@@H]2c3cc(N(C)C)ccc3S(=O)(=O)CC[C@@H]2O)c1. The Morgan fingerprint density at radius 2 is 1.75 bits per heavy atom. The van der Waals surface area contributed by atoms with Crippen LogP contribution < -0.4 is 15.5 Å². The molecule has 6 atom stereocenters. The fraction of sp³-hybridized carbons (Fsp3) is 0.606. The Hall–Kier alpha value is -2.54. The molecule has 1 heterocycles. The number of aliphatic hydroxyl groups is 4. The minimum Gasteiger partial charge on any atom is -0.393 e. The van der Waals surface area contributed by atoms with Crippen molar-refractivity contribution in [1.82, 2.24) is 5.32 Å². The Labute approximate surface area is 262 Å². The van der Waals surface area contributed by atoms with Crippen molar-refractivity contribution in [3.63, 3.8) is 0 Å². The van der Waals surface area contributed by atoms with Crippen molar-refractivity contribution in [2.75, 3.05) is 43.2 Å². The van der Waals surface area contributed by atoms with Gasteiger partial charge >= 0.3 is 0 Å². The van der Waals surface area contributed by atoms with Crippen LogP contribution in [0.1, 0.15) is 75.8 Å². The van der Waals surface area contributed by atoms with Crippen LogP contribution in [0.3, 0.4) is 0 Å². The van der Waals surface area contributed by atoms with Crippen molar-refractivity contribution in [3.05, 3.63) is 53.6 Å². The Kier molecular flexibility index (Phi) is 13.6. The lowest BCUT2D eigenvalue weighted by Crippen LogP contribution is -2.43. The molecule has 0 fully saturated rings. The van der Waals surface area contributed by atoms with Gasteiger partial charge in [-0.25, -0.2) is 8.42 Å². The van der Waals surface area contributed by atoms with E-state index < -0.39 is 46.1 Å². The van der Waals surface area contributed by atoms with Gasteiger partial charge in [0.25, 0.3) is 0 Å². The van der Waals surface area contributed by atoms with E-state index in [1.54, 1.807) is 25.1 Å². The van der Waals surface area contributed by atoms with Crippen molar-refractivity contribution in [2.45, 2.75) is 94.0 Å². The predicted molar refractivity (Wildman–Crippen MR) is 174 cm³/mol. The molecule has 0 bridgehead atoms. The Morgan fingerprint density at radius 3 is 2.45 bits per heavy atom. The van der Waals surface area contributed by atoms with Crippen molar-refractivity contribution >= 4 is 27.1 Å². The van der Waals surface area contributed by atoms with Crippen LogP contribution >= 0.6 is 0 Å². The van der Waals surface area contributed by atoms with Crippen molar-refractivity contribution < 1.29 is 33.6 Å². The molecule has 0 saturated carbocycles. The highest BCUT2D eigenvalue weighted by Gasteiger charge is 2.35. The summed E-state index contributed by atoms with van der Waals surface area (Å²) in [5.41, 5.74) is 2.75. The van der Waals surface area contributed by atoms with Gasteiger partial charge in [-0.15, -0.1) is 0 Å². The number of hydrogen-bond acceptors (Lipinski definition) is 9. The second kappa shape index (κ2) is 16.7. The maximum atomic E-state index is 13.0. The molecule has 246 valence electrons. The zero-order valence-corrected chi connectivity index (χ0v) is 27.3. The summed E-state index contributed by atoms with van der Waals surface area (Å²) in [7, 11) is 0.223. The Bertz CT molecular complexity index is 1320. The summed E-state index contributed by atoms with van der Waals surface area (Å²) in [5.74, 6) is -1.19. The topological polar surface area (TPSA) is 159 Å². The second-order valence-corrected chi connectivity index (χ2v) is 14.3. The van der Waals surface area contributed by atoms with Crippen LogP contribution in [0.5, 0.6) is 0 Å². The maximum absolute atomic E-state index is 13.0. The first-order valence-electron chi connectivity index (χ1n) is 15.7. The van der Waals surface area contributed by atoms with Crippen molar-refractivity contribution in [2.24, 2.45) is 5.92 Å². The molecule has 3 rings (SSSR count). The van der Waals surface area contributed by atoms with Gasteiger partial charge < -0.3 is 36.0 Å². The van der Waals surface area contributed by atoms with Crippen LogP contribution in [0.2, 0.25) is 0 Å². The summed E-state index contributed by atoms with van der Waals surface area (Å²) in [5, 5.41) is 47.4. The van der Waals surface area contributed by atoms with Gasteiger partial charge in [0.1, 0.15) is 0 Å². The summed E-state index contributed by atoms with van der Waals surface area (Å²) < 4.78 is 26.0. The Balaban J connectivity index is 1.49. The Morgan fingerprint density at radius 1 is 1.02 bits per heavy atom. The normalized spacial score (nSPS) is 20.5. The molecular weight excluding hydrogens is 582 g/mol. The highest BCUT2D eigenvalue weighted by atomic mass is 32.2. The number of nitrogens with one attached hydrogen (secondary N) is 2. The molecular formula is C33H51N3O7S. The number of hydrogen-bond donors (Lipinski definition) is 6. The zero-order valence-electron chi connectivity index (χ0n) is 26.4. The third-order valence-electron chi connectivity index (χ3n) is 8.60. The van der Waals surface area contributed by atoms with E-state index in [9.17, 15) is 33.6 Å². The van der Waals surface area contributed by atoms with Gasteiger partial charge in [-0.3, -0.25) is 4.79 Å². The fourth-order valence-corrected chi connectivity index (χ4v) is 7.34. The minimum atomic E-state index is -3.54. The highest BCUT2D eigenvalue weighted by Crippen LogP contribution is 2.40. The van der Waals surface area contributed by atoms with Gasteiger partial charge in [-0.2, -0.15) is 0 Å². The molecule has 1 aliphatic heterocycles. The van der Waals surface area contributed by atoms with Gasteiger partial charge in [-0.05, 0) is 73.7 Å². The highest BCUT2D eigenvalue weighted by molar-refractivity contribution is 7.91. The zero-order chi connectivity index (χ0) is 32.4. The smallest absolute Gasteiger partial charge is 0.224 e. The number of sulfone groups is 1. The minimum absolute atomic E-state index is 0.111. The average Bonchev–Trinajstić information content (AvgIpc) is 3.09. The lowest BCUT2D eigenvalue weighted by atomic mass is 9.85. The van der Waals surface area contributed by atoms with Crippen LogP contribution in [0.25, 0.3) is 0 Å². The summed E-state index contributed by atoms with van der Waals surface area (Å²) in [4.78, 5) is 14.8. The predicted octanol–water partition coefficient (Wildman–Crippen LogP) is 3.03. The summed E-state index contributed by atoms with van der Waals surface area (Å²) >= 11 is 0. The fourth-order valence-electron chi connectivity index (χ4n) is 5.74. The molecule has 2 aromatic rings. The second-order valence-electron chi connectivity index (χ2n) is 12.2. The van der Waals surface area contributed by atoms with E-state index in [4.69, 9.17) is 0 Å². The number of anilines is 2. The van der Waals surface area contributed by atoms with Crippen LogP contribution in [0.4, 0.5) is 11.4 Å². The molecule has 0 unspecified atom stereocenters. The summed E-state index contributed by atoms with van der Waals surface area (Å²) in [6, 6.07) is 12.5. The monoisotopic (exact) mass is 633 g/mol. The van der Waals surface area contributed by atoms with Crippen molar-refractivity contribution in [3.8, 4) is 0 Å². The molecule has 10 nitrogen and oxygen atoms in total. The van der Waals surface area contributed by atoms with Gasteiger partial charge in [0, 0.05) is 50.3 Å². The van der Waals surface area contributed by atoms with E-state index in [2.05, 4.69) is 10.6 Å². The number of nitrogens with zero attached hydrogens (tertiary/aromatic N) is 1. The number of carbonyl (C=O) groups is 1.